The van der Waals surface area contributed by atoms with Crippen LogP contribution in [0.4, 0.5) is 14.4 Å². The van der Waals surface area contributed by atoms with E-state index in [1.807, 2.05) is 45.0 Å². The zero-order valence-corrected chi connectivity index (χ0v) is 18.5. The first-order valence-corrected chi connectivity index (χ1v) is 11.8. The van der Waals surface area contributed by atoms with E-state index in [1.165, 1.54) is 4.90 Å². The first-order chi connectivity index (χ1) is 13.9. The average molecular weight is 441 g/mol. The molecular weight excluding hydrogens is 411 g/mol. The molecule has 2 fully saturated rings. The van der Waals surface area contributed by atoms with Gasteiger partial charge in [-0.25, -0.2) is 4.79 Å². The van der Waals surface area contributed by atoms with Gasteiger partial charge >= 0.3 is 16.3 Å². The van der Waals surface area contributed by atoms with E-state index in [2.05, 4.69) is 0 Å². The number of amides is 2. The van der Waals surface area contributed by atoms with Crippen molar-refractivity contribution in [3.63, 3.8) is 0 Å². The summed E-state index contributed by atoms with van der Waals surface area (Å²) in [7, 11) is -4.59. The first kappa shape index (κ1) is 22.5. The number of nitrogens with zero attached hydrogens (tertiary/aromatic N) is 2. The molecular formula is C21H29FN2O5S. The van der Waals surface area contributed by atoms with Crippen molar-refractivity contribution >= 4 is 27.9 Å². The van der Waals surface area contributed by atoms with Crippen molar-refractivity contribution in [3.8, 4) is 0 Å². The molecule has 166 valence electrons. The Morgan fingerprint density at radius 1 is 1.17 bits per heavy atom. The zero-order chi connectivity index (χ0) is 22.1. The third-order valence-corrected chi connectivity index (χ3v) is 6.33. The van der Waals surface area contributed by atoms with Crippen molar-refractivity contribution in [2.75, 3.05) is 30.3 Å². The van der Waals surface area contributed by atoms with Gasteiger partial charge in [0.1, 0.15) is 5.60 Å². The predicted molar refractivity (Wildman–Crippen MR) is 112 cm³/mol. The third kappa shape index (κ3) is 5.93. The molecule has 2 heterocycles. The van der Waals surface area contributed by atoms with Gasteiger partial charge in [0.05, 0.1) is 5.75 Å². The highest BCUT2D eigenvalue weighted by Gasteiger charge is 2.34. The van der Waals surface area contributed by atoms with E-state index >= 15 is 0 Å². The summed E-state index contributed by atoms with van der Waals surface area (Å²) in [4.78, 5) is 27.7. The number of hydrogen-bond donors (Lipinski definition) is 0. The van der Waals surface area contributed by atoms with Gasteiger partial charge in [-0.15, -0.1) is 3.89 Å². The molecule has 0 radical (unpaired) electrons. The fourth-order valence-corrected chi connectivity index (χ4v) is 4.86. The maximum atomic E-state index is 12.9. The van der Waals surface area contributed by atoms with Gasteiger partial charge in [-0.3, -0.25) is 4.79 Å². The maximum absolute atomic E-state index is 12.9. The molecule has 1 aromatic rings. The van der Waals surface area contributed by atoms with Crippen LogP contribution >= 0.6 is 0 Å². The molecule has 0 aromatic heterocycles. The molecule has 2 aliphatic rings. The van der Waals surface area contributed by atoms with Crippen LogP contribution in [0.3, 0.4) is 0 Å². The van der Waals surface area contributed by atoms with E-state index in [9.17, 15) is 21.9 Å². The number of ether oxygens (including phenoxy) is 1. The fraction of sp³-hybridized carbons (Fsp3) is 0.619. The highest BCUT2D eigenvalue weighted by Crippen LogP contribution is 2.32. The summed E-state index contributed by atoms with van der Waals surface area (Å²) in [6.07, 6.45) is 1.41. The SMILES string of the molecule is CC(C)(C)OC(=O)N1CCC(c2ccc(N3CC(CS(=O)(=O)F)CC3=O)cc2)CC1. The number of carbonyl (C=O) groups is 2. The Labute approximate surface area is 177 Å². The summed E-state index contributed by atoms with van der Waals surface area (Å²) in [5.41, 5.74) is 1.32. The lowest BCUT2D eigenvalue weighted by atomic mass is 9.89. The molecule has 30 heavy (non-hydrogen) atoms. The Bertz CT molecular complexity index is 887. The van der Waals surface area contributed by atoms with Gasteiger partial charge in [0.2, 0.25) is 5.91 Å². The maximum Gasteiger partial charge on any atom is 0.410 e. The third-order valence-electron chi connectivity index (χ3n) is 5.46. The number of rotatable bonds is 4. The van der Waals surface area contributed by atoms with Crippen LogP contribution in [0, 0.1) is 5.92 Å². The van der Waals surface area contributed by atoms with Crippen molar-refractivity contribution in [1.82, 2.24) is 4.90 Å². The molecule has 1 aromatic carbocycles. The number of carbonyl (C=O) groups excluding carboxylic acids is 2. The van der Waals surface area contributed by atoms with Crippen LogP contribution in [0.2, 0.25) is 0 Å². The first-order valence-electron chi connectivity index (χ1n) is 10.2. The minimum absolute atomic E-state index is 0.0357. The standard InChI is InChI=1S/C21H29FN2O5S/c1-21(2,3)29-20(26)23-10-8-17(9-11-23)16-4-6-18(7-5-16)24-13-15(12-19(24)25)14-30(22,27)28/h4-7,15,17H,8-14H2,1-3H3. The van der Waals surface area contributed by atoms with Crippen molar-refractivity contribution in [3.05, 3.63) is 29.8 Å². The molecule has 1 atom stereocenters. The van der Waals surface area contributed by atoms with Gasteiger partial charge in [0.25, 0.3) is 0 Å². The number of halogens is 1. The minimum atomic E-state index is -4.59. The molecule has 9 heteroatoms. The lowest BCUT2D eigenvalue weighted by molar-refractivity contribution is -0.117. The van der Waals surface area contributed by atoms with E-state index in [4.69, 9.17) is 4.74 Å². The molecule has 0 aliphatic carbocycles. The van der Waals surface area contributed by atoms with Gasteiger partial charge in [-0.1, -0.05) is 12.1 Å². The van der Waals surface area contributed by atoms with E-state index in [1.54, 1.807) is 4.90 Å². The summed E-state index contributed by atoms with van der Waals surface area (Å²) in [6, 6.07) is 7.63. The monoisotopic (exact) mass is 440 g/mol. The molecule has 1 unspecified atom stereocenters. The quantitative estimate of drug-likeness (QED) is 0.670. The molecule has 2 aliphatic heterocycles. The van der Waals surface area contributed by atoms with Crippen LogP contribution in [0.5, 0.6) is 0 Å². The Balaban J connectivity index is 1.57. The summed E-state index contributed by atoms with van der Waals surface area (Å²) >= 11 is 0. The fourth-order valence-electron chi connectivity index (χ4n) is 4.07. The van der Waals surface area contributed by atoms with Gasteiger partial charge in [0.15, 0.2) is 0 Å². The molecule has 3 rings (SSSR count). The van der Waals surface area contributed by atoms with Crippen molar-refractivity contribution < 1.29 is 26.6 Å². The molecule has 0 saturated carbocycles. The lowest BCUT2D eigenvalue weighted by Crippen LogP contribution is -2.41. The topological polar surface area (TPSA) is 84.0 Å². The molecule has 2 amide bonds. The predicted octanol–water partition coefficient (Wildman–Crippen LogP) is 3.45. The number of likely N-dealkylation sites (tertiary alicyclic amines) is 1. The highest BCUT2D eigenvalue weighted by molar-refractivity contribution is 7.86. The van der Waals surface area contributed by atoms with E-state index in [0.29, 0.717) is 24.7 Å². The normalized spacial score (nSPS) is 21.2. The van der Waals surface area contributed by atoms with Crippen LogP contribution in [-0.2, 0) is 19.8 Å². The van der Waals surface area contributed by atoms with Crippen LogP contribution in [0.15, 0.2) is 24.3 Å². The largest absolute Gasteiger partial charge is 0.444 e. The van der Waals surface area contributed by atoms with Crippen molar-refractivity contribution in [1.29, 1.82) is 0 Å². The van der Waals surface area contributed by atoms with Gasteiger partial charge < -0.3 is 14.5 Å². The van der Waals surface area contributed by atoms with Gasteiger partial charge in [0, 0.05) is 37.7 Å². The van der Waals surface area contributed by atoms with E-state index < -0.39 is 27.5 Å². The van der Waals surface area contributed by atoms with E-state index in [0.717, 1.165) is 18.4 Å². The zero-order valence-electron chi connectivity index (χ0n) is 17.6. The van der Waals surface area contributed by atoms with Crippen molar-refractivity contribution in [2.24, 2.45) is 5.92 Å². The molecule has 7 nitrogen and oxygen atoms in total. The number of benzene rings is 1. The second-order valence-corrected chi connectivity index (χ2v) is 10.5. The average Bonchev–Trinajstić information content (AvgIpc) is 2.99. The van der Waals surface area contributed by atoms with Crippen molar-refractivity contribution in [2.45, 2.75) is 51.6 Å². The molecule has 0 N–H and O–H groups in total. The Kier molecular flexibility index (Phi) is 6.40. The number of anilines is 1. The van der Waals surface area contributed by atoms with Gasteiger partial charge in [-0.05, 0) is 57.2 Å². The molecule has 0 bridgehead atoms. The van der Waals surface area contributed by atoms with Gasteiger partial charge in [-0.2, -0.15) is 8.42 Å². The lowest BCUT2D eigenvalue weighted by Gasteiger charge is -2.33. The Hall–Kier alpha value is -2.16. The van der Waals surface area contributed by atoms with Crippen LogP contribution in [-0.4, -0.2) is 56.3 Å². The number of hydrogen-bond acceptors (Lipinski definition) is 5. The van der Waals surface area contributed by atoms with Crippen LogP contribution < -0.4 is 4.90 Å². The summed E-state index contributed by atoms with van der Waals surface area (Å²) in [5, 5.41) is 0. The Morgan fingerprint density at radius 2 is 1.77 bits per heavy atom. The second kappa shape index (κ2) is 8.53. The molecule has 0 spiro atoms. The van der Waals surface area contributed by atoms with Crippen LogP contribution in [0.1, 0.15) is 51.5 Å². The Morgan fingerprint density at radius 3 is 2.30 bits per heavy atom. The number of piperidine rings is 1. The molecule has 2 saturated heterocycles. The summed E-state index contributed by atoms with van der Waals surface area (Å²) in [6.45, 7) is 7.02. The minimum Gasteiger partial charge on any atom is -0.444 e. The van der Waals surface area contributed by atoms with E-state index in [-0.39, 0.29) is 25.0 Å². The smallest absolute Gasteiger partial charge is 0.410 e. The summed E-state index contributed by atoms with van der Waals surface area (Å²) < 4.78 is 40.1. The second-order valence-electron chi connectivity index (χ2n) is 9.11. The highest BCUT2D eigenvalue weighted by atomic mass is 32.3. The van der Waals surface area contributed by atoms with Crippen LogP contribution in [0.25, 0.3) is 0 Å². The summed E-state index contributed by atoms with van der Waals surface area (Å²) in [5.74, 6) is -1.02.